The van der Waals surface area contributed by atoms with Crippen LogP contribution < -0.4 is 11.1 Å². The van der Waals surface area contributed by atoms with Gasteiger partial charge in [0.1, 0.15) is 11.5 Å². The van der Waals surface area contributed by atoms with Crippen LogP contribution in [0.15, 0.2) is 30.3 Å². The standard InChI is InChI=1S/C13H8F4N2O/c14-7-4-10(17)12(11(18)5-7)19-13(20)6-1-2-8(15)9(16)3-6/h1-5H,18H2,(H,19,20). The first-order valence-corrected chi connectivity index (χ1v) is 5.39. The van der Waals surface area contributed by atoms with E-state index in [0.29, 0.717) is 12.1 Å². The molecule has 1 amide bonds. The third-order valence-electron chi connectivity index (χ3n) is 2.51. The molecular formula is C13H8F4N2O. The summed E-state index contributed by atoms with van der Waals surface area (Å²) in [6, 6.07) is 3.80. The van der Waals surface area contributed by atoms with Crippen molar-refractivity contribution >= 4 is 17.3 Å². The van der Waals surface area contributed by atoms with Gasteiger partial charge in [-0.15, -0.1) is 0 Å². The van der Waals surface area contributed by atoms with Crippen LogP contribution in [0.25, 0.3) is 0 Å². The average molecular weight is 284 g/mol. The van der Waals surface area contributed by atoms with Crippen molar-refractivity contribution in [1.82, 2.24) is 0 Å². The summed E-state index contributed by atoms with van der Waals surface area (Å²) in [6.07, 6.45) is 0. The molecule has 2 aromatic carbocycles. The van der Waals surface area contributed by atoms with Crippen molar-refractivity contribution in [3.8, 4) is 0 Å². The summed E-state index contributed by atoms with van der Waals surface area (Å²) in [6.45, 7) is 0. The van der Waals surface area contributed by atoms with Crippen molar-refractivity contribution in [2.24, 2.45) is 0 Å². The lowest BCUT2D eigenvalue weighted by Gasteiger charge is -2.09. The Morgan fingerprint density at radius 3 is 2.25 bits per heavy atom. The molecule has 20 heavy (non-hydrogen) atoms. The minimum atomic E-state index is -1.22. The molecule has 0 atom stereocenters. The van der Waals surface area contributed by atoms with Crippen LogP contribution in [-0.2, 0) is 0 Å². The molecule has 0 aliphatic heterocycles. The van der Waals surface area contributed by atoms with Crippen LogP contribution in [0.1, 0.15) is 10.4 Å². The molecule has 0 fully saturated rings. The number of benzene rings is 2. The van der Waals surface area contributed by atoms with Crippen molar-refractivity contribution in [1.29, 1.82) is 0 Å². The molecule has 0 saturated heterocycles. The third kappa shape index (κ3) is 2.71. The summed E-state index contributed by atoms with van der Waals surface area (Å²) in [4.78, 5) is 11.8. The van der Waals surface area contributed by atoms with Gasteiger partial charge in [-0.25, -0.2) is 17.6 Å². The number of nitrogen functional groups attached to an aromatic ring is 1. The van der Waals surface area contributed by atoms with E-state index >= 15 is 0 Å². The van der Waals surface area contributed by atoms with E-state index in [9.17, 15) is 22.4 Å². The van der Waals surface area contributed by atoms with E-state index in [1.165, 1.54) is 0 Å². The molecule has 0 saturated carbocycles. The van der Waals surface area contributed by atoms with E-state index in [-0.39, 0.29) is 11.3 Å². The summed E-state index contributed by atoms with van der Waals surface area (Å²) < 4.78 is 52.0. The van der Waals surface area contributed by atoms with Crippen LogP contribution in [0, 0.1) is 23.3 Å². The number of carbonyl (C=O) groups excluding carboxylic acids is 1. The van der Waals surface area contributed by atoms with Gasteiger partial charge in [-0.1, -0.05) is 0 Å². The summed E-state index contributed by atoms with van der Waals surface area (Å²) in [5.41, 5.74) is 4.39. The summed E-state index contributed by atoms with van der Waals surface area (Å²) in [7, 11) is 0. The first-order valence-electron chi connectivity index (χ1n) is 5.39. The van der Waals surface area contributed by atoms with E-state index in [0.717, 1.165) is 18.2 Å². The Labute approximate surface area is 111 Å². The molecule has 104 valence electrons. The Bertz CT molecular complexity index is 665. The number of amides is 1. The highest BCUT2D eigenvalue weighted by Gasteiger charge is 2.15. The number of halogens is 4. The van der Waals surface area contributed by atoms with E-state index in [2.05, 4.69) is 5.32 Å². The second kappa shape index (κ2) is 5.20. The van der Waals surface area contributed by atoms with Gasteiger partial charge >= 0.3 is 0 Å². The third-order valence-corrected chi connectivity index (χ3v) is 2.51. The second-order valence-corrected chi connectivity index (χ2v) is 3.93. The van der Waals surface area contributed by atoms with E-state index in [1.807, 2.05) is 0 Å². The SMILES string of the molecule is Nc1cc(F)cc(F)c1NC(=O)c1ccc(F)c(F)c1. The maximum absolute atomic E-state index is 13.5. The number of hydrogen-bond acceptors (Lipinski definition) is 2. The van der Waals surface area contributed by atoms with Crippen LogP contribution in [0.2, 0.25) is 0 Å². The van der Waals surface area contributed by atoms with E-state index < -0.39 is 34.9 Å². The van der Waals surface area contributed by atoms with Gasteiger partial charge in [0.15, 0.2) is 17.5 Å². The van der Waals surface area contributed by atoms with Crippen LogP contribution in [0.3, 0.4) is 0 Å². The second-order valence-electron chi connectivity index (χ2n) is 3.93. The minimum Gasteiger partial charge on any atom is -0.397 e. The minimum absolute atomic E-state index is 0.230. The van der Waals surface area contributed by atoms with Gasteiger partial charge in [-0.3, -0.25) is 4.79 Å². The molecule has 0 aromatic heterocycles. The monoisotopic (exact) mass is 284 g/mol. The number of nitrogens with one attached hydrogen (secondary N) is 1. The topological polar surface area (TPSA) is 55.1 Å². The number of carbonyl (C=O) groups is 1. The molecule has 0 heterocycles. The molecule has 2 aromatic rings. The molecule has 0 radical (unpaired) electrons. The number of hydrogen-bond donors (Lipinski definition) is 2. The largest absolute Gasteiger partial charge is 0.397 e. The smallest absolute Gasteiger partial charge is 0.255 e. The Balaban J connectivity index is 2.30. The molecule has 0 aliphatic rings. The molecule has 3 N–H and O–H groups in total. The van der Waals surface area contributed by atoms with Crippen molar-refractivity contribution in [2.45, 2.75) is 0 Å². The molecule has 2 rings (SSSR count). The van der Waals surface area contributed by atoms with Crippen LogP contribution in [-0.4, -0.2) is 5.91 Å². The van der Waals surface area contributed by atoms with Crippen molar-refractivity contribution in [2.75, 3.05) is 11.1 Å². The summed E-state index contributed by atoms with van der Waals surface area (Å²) in [5.74, 6) is -5.20. The zero-order valence-electron chi connectivity index (χ0n) is 9.88. The van der Waals surface area contributed by atoms with E-state index in [4.69, 9.17) is 5.73 Å². The zero-order valence-corrected chi connectivity index (χ0v) is 9.88. The Hall–Kier alpha value is -2.57. The maximum Gasteiger partial charge on any atom is 0.255 e. The lowest BCUT2D eigenvalue weighted by Crippen LogP contribution is -2.15. The number of anilines is 2. The molecule has 0 aliphatic carbocycles. The van der Waals surface area contributed by atoms with Gasteiger partial charge in [-0.05, 0) is 24.3 Å². The Morgan fingerprint density at radius 1 is 0.950 bits per heavy atom. The zero-order chi connectivity index (χ0) is 14.9. The lowest BCUT2D eigenvalue weighted by atomic mass is 10.2. The fraction of sp³-hybridized carbons (Fsp3) is 0. The first-order chi connectivity index (χ1) is 9.38. The molecular weight excluding hydrogens is 276 g/mol. The van der Waals surface area contributed by atoms with Gasteiger partial charge in [0, 0.05) is 11.6 Å². The molecule has 3 nitrogen and oxygen atoms in total. The Morgan fingerprint density at radius 2 is 1.65 bits per heavy atom. The fourth-order valence-electron chi connectivity index (χ4n) is 1.55. The molecule has 0 bridgehead atoms. The number of nitrogens with two attached hydrogens (primary N) is 1. The maximum atomic E-state index is 13.5. The predicted octanol–water partition coefficient (Wildman–Crippen LogP) is 3.08. The predicted molar refractivity (Wildman–Crippen MR) is 65.1 cm³/mol. The van der Waals surface area contributed by atoms with Crippen LogP contribution in [0.5, 0.6) is 0 Å². The Kier molecular flexibility index (Phi) is 3.60. The first kappa shape index (κ1) is 13.9. The lowest BCUT2D eigenvalue weighted by molar-refractivity contribution is 0.102. The molecule has 0 spiro atoms. The highest BCUT2D eigenvalue weighted by atomic mass is 19.2. The van der Waals surface area contributed by atoms with Crippen molar-refractivity contribution in [3.05, 3.63) is 59.2 Å². The fourth-order valence-corrected chi connectivity index (χ4v) is 1.55. The van der Waals surface area contributed by atoms with Gasteiger partial charge in [0.2, 0.25) is 0 Å². The van der Waals surface area contributed by atoms with Crippen LogP contribution >= 0.6 is 0 Å². The van der Waals surface area contributed by atoms with Gasteiger partial charge < -0.3 is 11.1 Å². The van der Waals surface area contributed by atoms with Gasteiger partial charge in [0.05, 0.1) is 5.69 Å². The summed E-state index contributed by atoms with van der Waals surface area (Å²) in [5, 5.41) is 2.07. The summed E-state index contributed by atoms with van der Waals surface area (Å²) >= 11 is 0. The highest BCUT2D eigenvalue weighted by Crippen LogP contribution is 2.24. The van der Waals surface area contributed by atoms with Gasteiger partial charge in [-0.2, -0.15) is 0 Å². The van der Waals surface area contributed by atoms with Crippen LogP contribution in [0.4, 0.5) is 28.9 Å². The highest BCUT2D eigenvalue weighted by molar-refractivity contribution is 6.05. The van der Waals surface area contributed by atoms with Gasteiger partial charge in [0.25, 0.3) is 5.91 Å². The molecule has 7 heteroatoms. The number of rotatable bonds is 2. The normalized spacial score (nSPS) is 10.4. The van der Waals surface area contributed by atoms with Crippen molar-refractivity contribution in [3.63, 3.8) is 0 Å². The van der Waals surface area contributed by atoms with Crippen molar-refractivity contribution < 1.29 is 22.4 Å². The van der Waals surface area contributed by atoms with E-state index in [1.54, 1.807) is 0 Å². The quantitative estimate of drug-likeness (QED) is 0.657. The average Bonchev–Trinajstić information content (AvgIpc) is 2.36. The molecule has 0 unspecified atom stereocenters.